The summed E-state index contributed by atoms with van der Waals surface area (Å²) in [5, 5.41) is 8.06. The number of hydrogen-bond acceptors (Lipinski definition) is 4. The Morgan fingerprint density at radius 1 is 1.43 bits per heavy atom. The molecular formula is C16H30N4O. The zero-order valence-electron chi connectivity index (χ0n) is 14.1. The van der Waals surface area contributed by atoms with Gasteiger partial charge >= 0.3 is 0 Å². The van der Waals surface area contributed by atoms with Gasteiger partial charge < -0.3 is 15.0 Å². The van der Waals surface area contributed by atoms with E-state index in [1.807, 2.05) is 11.7 Å². The minimum Gasteiger partial charge on any atom is -0.379 e. The Morgan fingerprint density at radius 2 is 2.14 bits per heavy atom. The zero-order chi connectivity index (χ0) is 15.4. The van der Waals surface area contributed by atoms with Crippen LogP contribution in [0.15, 0.2) is 0 Å². The van der Waals surface area contributed by atoms with Crippen LogP contribution in [-0.2, 0) is 18.3 Å². The number of aryl methyl sites for hydroxylation is 2. The summed E-state index contributed by atoms with van der Waals surface area (Å²) in [5.74, 6) is 2.02. The lowest BCUT2D eigenvalue weighted by molar-refractivity contribution is 0.130. The van der Waals surface area contributed by atoms with Gasteiger partial charge in [-0.2, -0.15) is 5.10 Å². The Morgan fingerprint density at radius 3 is 2.76 bits per heavy atom. The first-order chi connectivity index (χ1) is 9.99. The van der Waals surface area contributed by atoms with E-state index in [2.05, 4.69) is 43.1 Å². The van der Waals surface area contributed by atoms with Crippen LogP contribution < -0.4 is 10.2 Å². The molecule has 1 aromatic heterocycles. The monoisotopic (exact) mass is 294 g/mol. The first-order valence-corrected chi connectivity index (χ1v) is 8.03. The first kappa shape index (κ1) is 16.3. The quantitative estimate of drug-likeness (QED) is 0.708. The molecule has 1 N–H and O–H groups in total. The van der Waals surface area contributed by atoms with Crippen LogP contribution in [0.5, 0.6) is 0 Å². The molecule has 2 rings (SSSR count). The van der Waals surface area contributed by atoms with Crippen LogP contribution in [0.4, 0.5) is 5.82 Å². The Bertz CT molecular complexity index is 451. The second kappa shape index (κ2) is 7.27. The molecule has 0 amide bonds. The molecule has 0 saturated heterocycles. The summed E-state index contributed by atoms with van der Waals surface area (Å²) in [6.07, 6.45) is 2.70. The third kappa shape index (κ3) is 4.71. The maximum Gasteiger partial charge on any atom is 0.131 e. The largest absolute Gasteiger partial charge is 0.379 e. The Balaban J connectivity index is 1.91. The van der Waals surface area contributed by atoms with Crippen molar-refractivity contribution < 1.29 is 4.74 Å². The molecule has 0 unspecified atom stereocenters. The van der Waals surface area contributed by atoms with Gasteiger partial charge in [0.1, 0.15) is 5.82 Å². The number of anilines is 1. The Labute approximate surface area is 128 Å². The van der Waals surface area contributed by atoms with Crippen molar-refractivity contribution in [1.29, 1.82) is 0 Å². The third-order valence-electron chi connectivity index (χ3n) is 3.98. The minimum atomic E-state index is 0.477. The molecule has 5 heteroatoms. The van der Waals surface area contributed by atoms with Crippen LogP contribution in [0, 0.1) is 12.8 Å². The van der Waals surface area contributed by atoms with E-state index in [-0.39, 0.29) is 0 Å². The summed E-state index contributed by atoms with van der Waals surface area (Å²) in [6.45, 7) is 9.90. The second-order valence-electron chi connectivity index (χ2n) is 6.49. The van der Waals surface area contributed by atoms with Gasteiger partial charge in [0, 0.05) is 45.4 Å². The number of hydrogen-bond donors (Lipinski definition) is 1. The highest BCUT2D eigenvalue weighted by atomic mass is 16.5. The predicted molar refractivity (Wildman–Crippen MR) is 86.7 cm³/mol. The van der Waals surface area contributed by atoms with E-state index in [1.54, 1.807) is 0 Å². The predicted octanol–water partition coefficient (Wildman–Crippen LogP) is 2.09. The van der Waals surface area contributed by atoms with Gasteiger partial charge in [-0.1, -0.05) is 13.8 Å². The van der Waals surface area contributed by atoms with Crippen molar-refractivity contribution in [2.45, 2.75) is 46.2 Å². The molecule has 1 heterocycles. The van der Waals surface area contributed by atoms with Crippen LogP contribution in [0.3, 0.4) is 0 Å². The molecule has 120 valence electrons. The van der Waals surface area contributed by atoms with Crippen molar-refractivity contribution in [1.82, 2.24) is 15.1 Å². The van der Waals surface area contributed by atoms with Crippen molar-refractivity contribution in [3.63, 3.8) is 0 Å². The van der Waals surface area contributed by atoms with Crippen molar-refractivity contribution >= 4 is 5.82 Å². The van der Waals surface area contributed by atoms with Gasteiger partial charge in [0.15, 0.2) is 0 Å². The van der Waals surface area contributed by atoms with E-state index in [1.165, 1.54) is 24.2 Å². The Hall–Kier alpha value is -1.07. The number of likely N-dealkylation sites (N-methyl/N-ethyl adjacent to an activating group) is 1. The molecule has 0 atom stereocenters. The molecule has 1 saturated carbocycles. The molecule has 0 bridgehead atoms. The summed E-state index contributed by atoms with van der Waals surface area (Å²) in [4.78, 5) is 2.25. The van der Waals surface area contributed by atoms with E-state index in [9.17, 15) is 0 Å². The molecule has 0 aromatic carbocycles. The lowest BCUT2D eigenvalue weighted by Crippen LogP contribution is -2.28. The van der Waals surface area contributed by atoms with Crippen LogP contribution >= 0.6 is 0 Å². The van der Waals surface area contributed by atoms with Gasteiger partial charge in [0.25, 0.3) is 0 Å². The average Bonchev–Trinajstić information content (AvgIpc) is 3.17. The van der Waals surface area contributed by atoms with Crippen molar-refractivity contribution in [3.05, 3.63) is 11.3 Å². The van der Waals surface area contributed by atoms with Gasteiger partial charge in [0.2, 0.25) is 0 Å². The maximum atomic E-state index is 5.75. The van der Waals surface area contributed by atoms with Crippen LogP contribution in [0.25, 0.3) is 0 Å². The van der Waals surface area contributed by atoms with Crippen LogP contribution in [0.1, 0.15) is 37.9 Å². The van der Waals surface area contributed by atoms with Crippen molar-refractivity contribution in [2.24, 2.45) is 13.0 Å². The van der Waals surface area contributed by atoms with E-state index in [4.69, 9.17) is 4.74 Å². The van der Waals surface area contributed by atoms with E-state index in [0.29, 0.717) is 6.04 Å². The summed E-state index contributed by atoms with van der Waals surface area (Å²) < 4.78 is 7.73. The highest BCUT2D eigenvalue weighted by molar-refractivity contribution is 5.49. The van der Waals surface area contributed by atoms with E-state index in [0.717, 1.165) is 37.9 Å². The molecule has 1 fully saturated rings. The second-order valence-corrected chi connectivity index (χ2v) is 6.49. The molecule has 1 aliphatic rings. The summed E-state index contributed by atoms with van der Waals surface area (Å²) in [7, 11) is 4.14. The van der Waals surface area contributed by atoms with Gasteiger partial charge in [-0.05, 0) is 25.7 Å². The molecule has 0 aliphatic heterocycles. The SMILES string of the molecule is Cc1nn(C)c(N(C)CCOCC2CC2)c1CNC(C)C. The fourth-order valence-corrected chi connectivity index (χ4v) is 2.52. The zero-order valence-corrected chi connectivity index (χ0v) is 14.1. The third-order valence-corrected chi connectivity index (χ3v) is 3.98. The lowest BCUT2D eigenvalue weighted by atomic mass is 10.2. The fourth-order valence-electron chi connectivity index (χ4n) is 2.52. The van der Waals surface area contributed by atoms with Gasteiger partial charge in [0.05, 0.1) is 12.3 Å². The lowest BCUT2D eigenvalue weighted by Gasteiger charge is -2.21. The number of rotatable bonds is 9. The highest BCUT2D eigenvalue weighted by Gasteiger charge is 2.21. The minimum absolute atomic E-state index is 0.477. The number of aromatic nitrogens is 2. The molecular weight excluding hydrogens is 264 g/mol. The average molecular weight is 294 g/mol. The van der Waals surface area contributed by atoms with Crippen molar-refractivity contribution in [3.8, 4) is 0 Å². The molecule has 0 radical (unpaired) electrons. The molecule has 5 nitrogen and oxygen atoms in total. The summed E-state index contributed by atoms with van der Waals surface area (Å²) in [6, 6.07) is 0.477. The topological polar surface area (TPSA) is 42.3 Å². The van der Waals surface area contributed by atoms with E-state index < -0.39 is 0 Å². The maximum absolute atomic E-state index is 5.75. The smallest absolute Gasteiger partial charge is 0.131 e. The molecule has 21 heavy (non-hydrogen) atoms. The molecule has 1 aliphatic carbocycles. The van der Waals surface area contributed by atoms with Crippen molar-refractivity contribution in [2.75, 3.05) is 31.7 Å². The van der Waals surface area contributed by atoms with Gasteiger partial charge in [-0.3, -0.25) is 4.68 Å². The standard InChI is InChI=1S/C16H30N4O/c1-12(2)17-10-15-13(3)18-20(5)16(15)19(4)8-9-21-11-14-6-7-14/h12,14,17H,6-11H2,1-5H3. The highest BCUT2D eigenvalue weighted by Crippen LogP contribution is 2.28. The molecule has 1 aromatic rings. The van der Waals surface area contributed by atoms with Gasteiger partial charge in [-0.15, -0.1) is 0 Å². The van der Waals surface area contributed by atoms with Gasteiger partial charge in [-0.25, -0.2) is 0 Å². The summed E-state index contributed by atoms with van der Waals surface area (Å²) >= 11 is 0. The molecule has 0 spiro atoms. The summed E-state index contributed by atoms with van der Waals surface area (Å²) in [5.41, 5.74) is 2.39. The normalized spacial score (nSPS) is 15.0. The van der Waals surface area contributed by atoms with Crippen LogP contribution in [0.2, 0.25) is 0 Å². The Kier molecular flexibility index (Phi) is 5.65. The van der Waals surface area contributed by atoms with E-state index >= 15 is 0 Å². The fraction of sp³-hybridized carbons (Fsp3) is 0.812. The number of nitrogens with one attached hydrogen (secondary N) is 1. The number of nitrogens with zero attached hydrogens (tertiary/aromatic N) is 3. The first-order valence-electron chi connectivity index (χ1n) is 8.03. The van der Waals surface area contributed by atoms with Crippen LogP contribution in [-0.4, -0.2) is 42.6 Å². The number of ether oxygens (including phenoxy) is 1.